The second kappa shape index (κ2) is 9.11. The molecule has 0 aliphatic rings. The molecular weight excluding hydrogens is 328 g/mol. The van der Waals surface area contributed by atoms with Crippen LogP contribution in [-0.2, 0) is 26.5 Å². The molecule has 0 radical (unpaired) electrons. The van der Waals surface area contributed by atoms with Crippen molar-refractivity contribution in [2.45, 2.75) is 45.6 Å². The van der Waals surface area contributed by atoms with Crippen molar-refractivity contribution in [1.29, 1.82) is 0 Å². The highest BCUT2D eigenvalue weighted by atomic mass is 28.4. The summed E-state index contributed by atoms with van der Waals surface area (Å²) in [6.07, 6.45) is 1.83. The Kier molecular flexibility index (Phi) is 7.14. The van der Waals surface area contributed by atoms with E-state index in [0.29, 0.717) is 19.3 Å². The largest absolute Gasteiger partial charge is 0.505 e. The topological polar surface area (TPSA) is 27.7 Å². The van der Waals surface area contributed by atoms with Crippen molar-refractivity contribution in [2.24, 2.45) is 0 Å². The Hall–Kier alpha value is -1.72. The van der Waals surface area contributed by atoms with Crippen molar-refractivity contribution < 1.29 is 13.3 Å². The van der Waals surface area contributed by atoms with E-state index >= 15 is 0 Å². The van der Waals surface area contributed by atoms with Crippen LogP contribution < -0.4 is 0 Å². The van der Waals surface area contributed by atoms with Crippen LogP contribution >= 0.6 is 0 Å². The zero-order valence-corrected chi connectivity index (χ0v) is 16.4. The predicted octanol–water partition coefficient (Wildman–Crippen LogP) is 5.36. The second-order valence-corrected chi connectivity index (χ2v) is 9.49. The van der Waals surface area contributed by atoms with Crippen LogP contribution in [0.4, 0.5) is 0 Å². The molecule has 0 bridgehead atoms. The molecule has 2 aromatic carbocycles. The smallest absolute Gasteiger partial charge is 0.369 e. The average molecular weight is 357 g/mol. The SMILES string of the molecule is C=CC[Si](OCc1ccccc1)(OCc1ccccc1)OC(C)(C)C. The molecule has 0 heterocycles. The minimum absolute atomic E-state index is 0.359. The van der Waals surface area contributed by atoms with Crippen molar-refractivity contribution in [3.8, 4) is 0 Å². The summed E-state index contributed by atoms with van der Waals surface area (Å²) in [7, 11) is -2.91. The fourth-order valence-electron chi connectivity index (χ4n) is 2.44. The Balaban J connectivity index is 2.15. The molecule has 0 aromatic heterocycles. The van der Waals surface area contributed by atoms with Crippen molar-refractivity contribution in [3.05, 3.63) is 84.4 Å². The highest BCUT2D eigenvalue weighted by Crippen LogP contribution is 2.26. The Morgan fingerprint density at radius 3 is 1.64 bits per heavy atom. The number of allylic oxidation sites excluding steroid dienone is 1. The molecule has 0 atom stereocenters. The van der Waals surface area contributed by atoms with E-state index in [1.807, 2.05) is 87.5 Å². The molecule has 2 aromatic rings. The third-order valence-electron chi connectivity index (χ3n) is 3.46. The minimum Gasteiger partial charge on any atom is -0.369 e. The molecule has 3 nitrogen and oxygen atoms in total. The van der Waals surface area contributed by atoms with Gasteiger partial charge in [0, 0.05) is 6.04 Å². The van der Waals surface area contributed by atoms with Gasteiger partial charge in [-0.15, -0.1) is 6.58 Å². The second-order valence-electron chi connectivity index (χ2n) is 6.94. The van der Waals surface area contributed by atoms with Gasteiger partial charge in [0.2, 0.25) is 0 Å². The Labute approximate surface area is 152 Å². The first-order valence-corrected chi connectivity index (χ1v) is 10.5. The summed E-state index contributed by atoms with van der Waals surface area (Å²) >= 11 is 0. The summed E-state index contributed by atoms with van der Waals surface area (Å²) in [5, 5.41) is 0. The predicted molar refractivity (Wildman–Crippen MR) is 104 cm³/mol. The van der Waals surface area contributed by atoms with Crippen LogP contribution in [0.15, 0.2) is 73.3 Å². The molecule has 0 N–H and O–H groups in total. The van der Waals surface area contributed by atoms with Gasteiger partial charge in [-0.3, -0.25) is 0 Å². The quantitative estimate of drug-likeness (QED) is 0.447. The summed E-state index contributed by atoms with van der Waals surface area (Å²) in [5.41, 5.74) is 1.84. The molecule has 134 valence electrons. The van der Waals surface area contributed by atoms with Gasteiger partial charge >= 0.3 is 8.80 Å². The van der Waals surface area contributed by atoms with Crippen LogP contribution in [-0.4, -0.2) is 14.4 Å². The molecule has 0 saturated carbocycles. The highest BCUT2D eigenvalue weighted by molar-refractivity contribution is 6.61. The minimum atomic E-state index is -2.91. The van der Waals surface area contributed by atoms with Crippen molar-refractivity contribution >= 4 is 8.80 Å². The zero-order chi connectivity index (χ0) is 18.2. The van der Waals surface area contributed by atoms with Gasteiger partial charge in [-0.1, -0.05) is 66.7 Å². The summed E-state index contributed by atoms with van der Waals surface area (Å²) < 4.78 is 18.9. The summed E-state index contributed by atoms with van der Waals surface area (Å²) in [4.78, 5) is 0. The van der Waals surface area contributed by atoms with Gasteiger partial charge in [0.25, 0.3) is 0 Å². The molecule has 0 saturated heterocycles. The standard InChI is InChI=1S/C21H28O3Si/c1-5-16-25(24-21(2,3)4,22-17-19-12-8-6-9-13-19)23-18-20-14-10-7-11-15-20/h5-15H,1,16-18H2,2-4H3. The van der Waals surface area contributed by atoms with Crippen molar-refractivity contribution in [1.82, 2.24) is 0 Å². The van der Waals surface area contributed by atoms with E-state index in [0.717, 1.165) is 11.1 Å². The number of benzene rings is 2. The molecule has 25 heavy (non-hydrogen) atoms. The summed E-state index contributed by atoms with van der Waals surface area (Å²) in [5.74, 6) is 0. The van der Waals surface area contributed by atoms with E-state index in [9.17, 15) is 0 Å². The number of hydrogen-bond donors (Lipinski definition) is 0. The molecule has 0 aliphatic heterocycles. The van der Waals surface area contributed by atoms with Crippen LogP contribution in [0.2, 0.25) is 6.04 Å². The van der Waals surface area contributed by atoms with E-state index < -0.39 is 8.80 Å². The fraction of sp³-hybridized carbons (Fsp3) is 0.333. The van der Waals surface area contributed by atoms with E-state index in [2.05, 4.69) is 6.58 Å². The normalized spacial score (nSPS) is 12.1. The molecule has 0 amide bonds. The molecule has 0 aliphatic carbocycles. The first kappa shape index (κ1) is 19.6. The maximum Gasteiger partial charge on any atom is 0.505 e. The Bertz CT molecular complexity index is 592. The van der Waals surface area contributed by atoms with E-state index in [1.54, 1.807) is 0 Å². The monoisotopic (exact) mass is 356 g/mol. The van der Waals surface area contributed by atoms with Crippen LogP contribution in [0.3, 0.4) is 0 Å². The van der Waals surface area contributed by atoms with Gasteiger partial charge in [-0.25, -0.2) is 0 Å². The molecule has 0 spiro atoms. The van der Waals surface area contributed by atoms with Gasteiger partial charge in [0.05, 0.1) is 18.8 Å². The number of hydrogen-bond acceptors (Lipinski definition) is 3. The van der Waals surface area contributed by atoms with Gasteiger partial charge < -0.3 is 13.3 Å². The van der Waals surface area contributed by atoms with Crippen LogP contribution in [0.5, 0.6) is 0 Å². The van der Waals surface area contributed by atoms with E-state index in [-0.39, 0.29) is 5.60 Å². The lowest BCUT2D eigenvalue weighted by Gasteiger charge is -2.35. The molecule has 0 fully saturated rings. The Morgan fingerprint density at radius 1 is 0.840 bits per heavy atom. The van der Waals surface area contributed by atoms with Gasteiger partial charge in [-0.05, 0) is 31.9 Å². The van der Waals surface area contributed by atoms with Gasteiger partial charge in [-0.2, -0.15) is 0 Å². The van der Waals surface area contributed by atoms with Crippen LogP contribution in [0.1, 0.15) is 31.9 Å². The highest BCUT2D eigenvalue weighted by Gasteiger charge is 2.43. The van der Waals surface area contributed by atoms with Crippen molar-refractivity contribution in [3.63, 3.8) is 0 Å². The lowest BCUT2D eigenvalue weighted by Crippen LogP contribution is -2.50. The van der Waals surface area contributed by atoms with Crippen LogP contribution in [0, 0.1) is 0 Å². The lowest BCUT2D eigenvalue weighted by atomic mass is 10.2. The fourth-order valence-corrected chi connectivity index (χ4v) is 5.02. The Morgan fingerprint density at radius 2 is 1.28 bits per heavy atom. The maximum atomic E-state index is 6.33. The average Bonchev–Trinajstić information content (AvgIpc) is 2.59. The van der Waals surface area contributed by atoms with Gasteiger partial charge in [0.15, 0.2) is 0 Å². The number of rotatable bonds is 9. The summed E-state index contributed by atoms with van der Waals surface area (Å²) in [6, 6.07) is 20.8. The third kappa shape index (κ3) is 6.96. The lowest BCUT2D eigenvalue weighted by molar-refractivity contribution is -0.0101. The zero-order valence-electron chi connectivity index (χ0n) is 15.4. The molecule has 2 rings (SSSR count). The first-order valence-electron chi connectivity index (χ1n) is 8.59. The van der Waals surface area contributed by atoms with Crippen LogP contribution in [0.25, 0.3) is 0 Å². The molecule has 4 heteroatoms. The third-order valence-corrected chi connectivity index (χ3v) is 6.34. The van der Waals surface area contributed by atoms with Gasteiger partial charge in [0.1, 0.15) is 0 Å². The van der Waals surface area contributed by atoms with E-state index in [4.69, 9.17) is 13.3 Å². The van der Waals surface area contributed by atoms with E-state index in [1.165, 1.54) is 0 Å². The summed E-state index contributed by atoms with van der Waals surface area (Å²) in [6.45, 7) is 10.9. The first-order chi connectivity index (χ1) is 11.9. The molecular formula is C21H28O3Si. The maximum absolute atomic E-state index is 6.33. The van der Waals surface area contributed by atoms with Crippen molar-refractivity contribution in [2.75, 3.05) is 0 Å². The molecule has 0 unspecified atom stereocenters.